The number of hydrogen-bond acceptors (Lipinski definition) is 5. The summed E-state index contributed by atoms with van der Waals surface area (Å²) in [6.07, 6.45) is 1.10. The number of esters is 2. The summed E-state index contributed by atoms with van der Waals surface area (Å²) in [5.41, 5.74) is 0.575. The van der Waals surface area contributed by atoms with Crippen molar-refractivity contribution in [3.63, 3.8) is 0 Å². The van der Waals surface area contributed by atoms with E-state index in [0.717, 1.165) is 12.1 Å². The first-order valence-electron chi connectivity index (χ1n) is 7.79. The van der Waals surface area contributed by atoms with Crippen LogP contribution in [0.4, 0.5) is 14.5 Å². The van der Waals surface area contributed by atoms with E-state index in [1.165, 1.54) is 6.07 Å². The number of carbonyl (C=O) groups is 2. The van der Waals surface area contributed by atoms with Crippen LogP contribution in [0.1, 0.15) is 26.7 Å². The van der Waals surface area contributed by atoms with Crippen molar-refractivity contribution in [1.82, 2.24) is 0 Å². The van der Waals surface area contributed by atoms with E-state index in [2.05, 4.69) is 0 Å². The number of benzene rings is 1. The molecular weight excluding hydrogens is 320 g/mol. The molecule has 0 atom stereocenters. The lowest BCUT2D eigenvalue weighted by molar-refractivity contribution is -0.146. The summed E-state index contributed by atoms with van der Waals surface area (Å²) in [4.78, 5) is 26.0. The van der Waals surface area contributed by atoms with Crippen LogP contribution in [-0.2, 0) is 19.1 Å². The van der Waals surface area contributed by atoms with Crippen LogP contribution < -0.4 is 4.90 Å². The van der Waals surface area contributed by atoms with Crippen LogP contribution in [0, 0.1) is 11.6 Å². The van der Waals surface area contributed by atoms with E-state index < -0.39 is 23.6 Å². The van der Waals surface area contributed by atoms with E-state index in [4.69, 9.17) is 9.47 Å². The number of hydrogen-bond donors (Lipinski definition) is 0. The Labute approximate surface area is 138 Å². The molecule has 0 N–H and O–H groups in total. The molecule has 0 bridgehead atoms. The zero-order chi connectivity index (χ0) is 17.7. The van der Waals surface area contributed by atoms with Crippen LogP contribution >= 0.6 is 0 Å². The molecule has 5 nitrogen and oxygen atoms in total. The van der Waals surface area contributed by atoms with E-state index in [-0.39, 0.29) is 18.8 Å². The number of allylic oxidation sites excluding steroid dienone is 1. The van der Waals surface area contributed by atoms with Gasteiger partial charge in [-0.3, -0.25) is 0 Å². The predicted octanol–water partition coefficient (Wildman–Crippen LogP) is 2.95. The average molecular weight is 339 g/mol. The van der Waals surface area contributed by atoms with Gasteiger partial charge in [0.05, 0.1) is 13.2 Å². The largest absolute Gasteiger partial charge is 0.462 e. The summed E-state index contributed by atoms with van der Waals surface area (Å²) in [6, 6.07) is 3.45. The van der Waals surface area contributed by atoms with Crippen LogP contribution in [0.25, 0.3) is 0 Å². The van der Waals surface area contributed by atoms with Crippen molar-refractivity contribution in [2.45, 2.75) is 26.7 Å². The Kier molecular flexibility index (Phi) is 5.89. The van der Waals surface area contributed by atoms with Gasteiger partial charge in [-0.05, 0) is 38.8 Å². The van der Waals surface area contributed by atoms with Crippen LogP contribution in [0.2, 0.25) is 0 Å². The smallest absolute Gasteiger partial charge is 0.347 e. The Morgan fingerprint density at radius 1 is 1.08 bits per heavy atom. The molecule has 7 heteroatoms. The maximum Gasteiger partial charge on any atom is 0.347 e. The van der Waals surface area contributed by atoms with E-state index in [9.17, 15) is 18.4 Å². The number of nitrogens with zero attached hydrogens (tertiary/aromatic N) is 1. The van der Waals surface area contributed by atoms with Crippen molar-refractivity contribution in [3.8, 4) is 0 Å². The van der Waals surface area contributed by atoms with Crippen molar-refractivity contribution in [2.75, 3.05) is 24.7 Å². The second kappa shape index (κ2) is 7.90. The maximum atomic E-state index is 13.5. The molecule has 1 aliphatic heterocycles. The number of anilines is 1. The summed E-state index contributed by atoms with van der Waals surface area (Å²) in [6.45, 7) is 3.96. The SMILES string of the molecule is CCOC(=O)C(C(=O)OCC)=C1CCCN1c1ccc(F)c(F)c1. The van der Waals surface area contributed by atoms with E-state index in [0.29, 0.717) is 30.8 Å². The first-order valence-corrected chi connectivity index (χ1v) is 7.79. The number of halogens is 2. The Balaban J connectivity index is 2.47. The lowest BCUT2D eigenvalue weighted by atomic mass is 10.1. The molecular formula is C17H19F2NO4. The molecule has 0 unspecified atom stereocenters. The second-order valence-electron chi connectivity index (χ2n) is 5.12. The van der Waals surface area contributed by atoms with Crippen molar-refractivity contribution in [2.24, 2.45) is 0 Å². The van der Waals surface area contributed by atoms with Gasteiger partial charge in [0.15, 0.2) is 17.2 Å². The molecule has 2 rings (SSSR count). The second-order valence-corrected chi connectivity index (χ2v) is 5.12. The van der Waals surface area contributed by atoms with E-state index >= 15 is 0 Å². The van der Waals surface area contributed by atoms with Gasteiger partial charge in [0.2, 0.25) is 0 Å². The van der Waals surface area contributed by atoms with Crippen LogP contribution in [0.5, 0.6) is 0 Å². The first kappa shape index (κ1) is 17.9. The summed E-state index contributed by atoms with van der Waals surface area (Å²) in [5.74, 6) is -3.51. The lowest BCUT2D eigenvalue weighted by Gasteiger charge is -2.22. The molecule has 1 fully saturated rings. The van der Waals surface area contributed by atoms with Crippen molar-refractivity contribution in [1.29, 1.82) is 0 Å². The number of carbonyl (C=O) groups excluding carboxylic acids is 2. The van der Waals surface area contributed by atoms with Crippen molar-refractivity contribution >= 4 is 17.6 Å². The summed E-state index contributed by atoms with van der Waals surface area (Å²) in [5, 5.41) is 0. The molecule has 1 heterocycles. The zero-order valence-corrected chi connectivity index (χ0v) is 13.6. The van der Waals surface area contributed by atoms with Gasteiger partial charge < -0.3 is 14.4 Å². The Morgan fingerprint density at radius 2 is 1.71 bits per heavy atom. The van der Waals surface area contributed by atoms with E-state index in [1.54, 1.807) is 18.7 Å². The Bertz CT molecular complexity index is 653. The third kappa shape index (κ3) is 3.72. The number of rotatable bonds is 5. The molecule has 0 aliphatic carbocycles. The topological polar surface area (TPSA) is 55.8 Å². The lowest BCUT2D eigenvalue weighted by Crippen LogP contribution is -2.26. The Hall–Kier alpha value is -2.44. The van der Waals surface area contributed by atoms with Crippen LogP contribution in [0.3, 0.4) is 0 Å². The highest BCUT2D eigenvalue weighted by Gasteiger charge is 2.32. The molecule has 0 radical (unpaired) electrons. The van der Waals surface area contributed by atoms with Gasteiger partial charge >= 0.3 is 11.9 Å². The molecule has 130 valence electrons. The van der Waals surface area contributed by atoms with Gasteiger partial charge in [0.25, 0.3) is 0 Å². The molecule has 0 saturated carbocycles. The Morgan fingerprint density at radius 3 is 2.25 bits per heavy atom. The minimum absolute atomic E-state index is 0.111. The molecule has 1 aliphatic rings. The fourth-order valence-corrected chi connectivity index (χ4v) is 2.60. The summed E-state index contributed by atoms with van der Waals surface area (Å²) in [7, 11) is 0. The molecule has 0 amide bonds. The van der Waals surface area contributed by atoms with Gasteiger partial charge in [0.1, 0.15) is 0 Å². The highest BCUT2D eigenvalue weighted by Crippen LogP contribution is 2.32. The standard InChI is InChI=1S/C17H19F2NO4/c1-3-23-16(21)15(17(22)24-4-2)14-6-5-9-20(14)11-7-8-12(18)13(19)10-11/h7-8,10H,3-6,9H2,1-2H3. The third-order valence-electron chi connectivity index (χ3n) is 3.58. The molecule has 1 aromatic carbocycles. The van der Waals surface area contributed by atoms with Crippen molar-refractivity contribution in [3.05, 3.63) is 41.1 Å². The summed E-state index contributed by atoms with van der Waals surface area (Å²) < 4.78 is 36.6. The van der Waals surface area contributed by atoms with Gasteiger partial charge in [0, 0.05) is 24.0 Å². The quantitative estimate of drug-likeness (QED) is 0.357. The molecule has 0 aromatic heterocycles. The molecule has 0 spiro atoms. The minimum Gasteiger partial charge on any atom is -0.462 e. The van der Waals surface area contributed by atoms with Gasteiger partial charge in [-0.25, -0.2) is 18.4 Å². The van der Waals surface area contributed by atoms with Gasteiger partial charge in [-0.1, -0.05) is 0 Å². The molecule has 24 heavy (non-hydrogen) atoms. The highest BCUT2D eigenvalue weighted by molar-refractivity contribution is 6.15. The monoisotopic (exact) mass is 339 g/mol. The normalized spacial score (nSPS) is 13.8. The van der Waals surface area contributed by atoms with Gasteiger partial charge in [-0.15, -0.1) is 0 Å². The third-order valence-corrected chi connectivity index (χ3v) is 3.58. The zero-order valence-electron chi connectivity index (χ0n) is 13.6. The average Bonchev–Trinajstić information content (AvgIpc) is 3.00. The maximum absolute atomic E-state index is 13.5. The van der Waals surface area contributed by atoms with Crippen LogP contribution in [0.15, 0.2) is 29.5 Å². The molecule has 1 saturated heterocycles. The molecule has 1 aromatic rings. The fourth-order valence-electron chi connectivity index (χ4n) is 2.60. The fraction of sp³-hybridized carbons (Fsp3) is 0.412. The van der Waals surface area contributed by atoms with Gasteiger partial charge in [-0.2, -0.15) is 0 Å². The summed E-state index contributed by atoms with van der Waals surface area (Å²) >= 11 is 0. The van der Waals surface area contributed by atoms with Crippen LogP contribution in [-0.4, -0.2) is 31.7 Å². The highest BCUT2D eigenvalue weighted by atomic mass is 19.2. The minimum atomic E-state index is -0.993. The first-order chi connectivity index (χ1) is 11.5. The number of ether oxygens (including phenoxy) is 2. The van der Waals surface area contributed by atoms with E-state index in [1.807, 2.05) is 0 Å². The van der Waals surface area contributed by atoms with Crippen molar-refractivity contribution < 1.29 is 27.8 Å². The predicted molar refractivity (Wildman–Crippen MR) is 83.2 cm³/mol.